The molecule has 0 unspecified atom stereocenters. The summed E-state index contributed by atoms with van der Waals surface area (Å²) in [5.74, 6) is -0.717. The Balaban J connectivity index is 1.78. The first-order valence-electron chi connectivity index (χ1n) is 10.3. The van der Waals surface area contributed by atoms with Gasteiger partial charge in [0, 0.05) is 25.0 Å². The fraction of sp³-hybridized carbons (Fsp3) is 0.545. The number of carbonyl (C=O) groups excluding carboxylic acids is 2. The molecule has 156 valence electrons. The highest BCUT2D eigenvalue weighted by molar-refractivity contribution is 6.02. The molecule has 1 aromatic heterocycles. The van der Waals surface area contributed by atoms with Crippen LogP contribution in [-0.4, -0.2) is 46.3 Å². The normalized spacial score (nSPS) is 14.9. The van der Waals surface area contributed by atoms with E-state index in [0.29, 0.717) is 17.3 Å². The molecular formula is C22H29N3O4. The minimum atomic E-state index is -0.691. The average molecular weight is 399 g/mol. The van der Waals surface area contributed by atoms with Crippen molar-refractivity contribution in [1.29, 1.82) is 0 Å². The maximum atomic E-state index is 12.7. The van der Waals surface area contributed by atoms with Gasteiger partial charge in [0.05, 0.1) is 5.39 Å². The molecule has 7 nitrogen and oxygen atoms in total. The Kier molecular flexibility index (Phi) is 6.67. The maximum Gasteiger partial charge on any atom is 0.359 e. The monoisotopic (exact) mass is 399 g/mol. The van der Waals surface area contributed by atoms with E-state index in [1.807, 2.05) is 13.8 Å². The highest BCUT2D eigenvalue weighted by Gasteiger charge is 2.24. The molecule has 1 fully saturated rings. The van der Waals surface area contributed by atoms with Crippen molar-refractivity contribution in [2.75, 3.05) is 13.7 Å². The number of likely N-dealkylation sites (N-methyl/N-ethyl adjacent to an activating group) is 1. The first-order chi connectivity index (χ1) is 13.9. The second-order valence-electron chi connectivity index (χ2n) is 8.15. The third-order valence-corrected chi connectivity index (χ3v) is 5.44. The molecule has 0 spiro atoms. The Hall–Kier alpha value is -2.70. The van der Waals surface area contributed by atoms with Crippen LogP contribution in [0.1, 0.15) is 56.4 Å². The van der Waals surface area contributed by atoms with Crippen molar-refractivity contribution < 1.29 is 14.3 Å². The molecule has 1 aliphatic carbocycles. The summed E-state index contributed by atoms with van der Waals surface area (Å²) in [6.07, 6.45) is 5.42. The van der Waals surface area contributed by atoms with Gasteiger partial charge in [0.15, 0.2) is 12.3 Å². The molecule has 1 saturated carbocycles. The van der Waals surface area contributed by atoms with E-state index in [4.69, 9.17) is 4.74 Å². The Morgan fingerprint density at radius 1 is 1.17 bits per heavy atom. The van der Waals surface area contributed by atoms with Crippen LogP contribution in [-0.2, 0) is 16.1 Å². The zero-order valence-electron chi connectivity index (χ0n) is 17.4. The topological polar surface area (TPSA) is 81.5 Å². The van der Waals surface area contributed by atoms with Crippen molar-refractivity contribution in [3.63, 3.8) is 0 Å². The zero-order valence-corrected chi connectivity index (χ0v) is 17.4. The summed E-state index contributed by atoms with van der Waals surface area (Å²) in [4.78, 5) is 39.6. The van der Waals surface area contributed by atoms with Crippen LogP contribution < -0.4 is 5.56 Å². The quantitative estimate of drug-likeness (QED) is 0.698. The van der Waals surface area contributed by atoms with Crippen molar-refractivity contribution in [1.82, 2.24) is 14.7 Å². The molecule has 0 N–H and O–H groups in total. The third-order valence-electron chi connectivity index (χ3n) is 5.44. The minimum absolute atomic E-state index is 0.0639. The average Bonchev–Trinajstić information content (AvgIpc) is 2.73. The van der Waals surface area contributed by atoms with Crippen LogP contribution in [0.4, 0.5) is 0 Å². The molecule has 1 amide bonds. The van der Waals surface area contributed by atoms with Crippen LogP contribution in [0.3, 0.4) is 0 Å². The number of hydrogen-bond acceptors (Lipinski definition) is 5. The molecule has 0 saturated heterocycles. The van der Waals surface area contributed by atoms with Gasteiger partial charge in [-0.15, -0.1) is 0 Å². The van der Waals surface area contributed by atoms with Gasteiger partial charge in [-0.1, -0.05) is 51.3 Å². The number of aromatic nitrogens is 2. The van der Waals surface area contributed by atoms with E-state index in [9.17, 15) is 14.4 Å². The van der Waals surface area contributed by atoms with Gasteiger partial charge in [-0.3, -0.25) is 9.59 Å². The van der Waals surface area contributed by atoms with E-state index >= 15 is 0 Å². The molecule has 1 aromatic carbocycles. The molecule has 0 atom stereocenters. The van der Waals surface area contributed by atoms with E-state index in [0.717, 1.165) is 25.7 Å². The number of ether oxygens (including phenoxy) is 1. The van der Waals surface area contributed by atoms with Crippen LogP contribution in [0.2, 0.25) is 0 Å². The van der Waals surface area contributed by atoms with Crippen molar-refractivity contribution in [3.05, 3.63) is 40.3 Å². The summed E-state index contributed by atoms with van der Waals surface area (Å²) in [5, 5.41) is 5.12. The van der Waals surface area contributed by atoms with Gasteiger partial charge in [0.2, 0.25) is 0 Å². The van der Waals surface area contributed by atoms with E-state index in [-0.39, 0.29) is 35.7 Å². The lowest BCUT2D eigenvalue weighted by Gasteiger charge is -2.31. The molecule has 3 rings (SSSR count). The fourth-order valence-corrected chi connectivity index (χ4v) is 3.82. The summed E-state index contributed by atoms with van der Waals surface area (Å²) in [6.45, 7) is 4.01. The van der Waals surface area contributed by atoms with Gasteiger partial charge < -0.3 is 9.64 Å². The van der Waals surface area contributed by atoms with Crippen molar-refractivity contribution in [2.24, 2.45) is 5.92 Å². The SMILES string of the molecule is CC(C)Cn1nc(C(=O)OCC(=O)N(C)C2CCCCC2)c2ccccc2c1=O. The van der Waals surface area contributed by atoms with Crippen LogP contribution in [0.5, 0.6) is 0 Å². The van der Waals surface area contributed by atoms with Gasteiger partial charge >= 0.3 is 5.97 Å². The molecule has 0 radical (unpaired) electrons. The lowest BCUT2D eigenvalue weighted by atomic mass is 9.94. The standard InChI is InChI=1S/C22H29N3O4/c1-15(2)13-25-21(27)18-12-8-7-11-17(18)20(23-25)22(28)29-14-19(26)24(3)16-9-5-4-6-10-16/h7-8,11-12,15-16H,4-6,9-10,13-14H2,1-3H3. The summed E-state index contributed by atoms with van der Waals surface area (Å²) < 4.78 is 6.61. The second kappa shape index (κ2) is 9.20. The molecule has 7 heteroatoms. The van der Waals surface area contributed by atoms with Crippen molar-refractivity contribution >= 4 is 22.6 Å². The van der Waals surface area contributed by atoms with Gasteiger partial charge in [-0.05, 0) is 24.8 Å². The van der Waals surface area contributed by atoms with Crippen LogP contribution >= 0.6 is 0 Å². The Morgan fingerprint density at radius 3 is 2.48 bits per heavy atom. The van der Waals surface area contributed by atoms with Crippen LogP contribution in [0.15, 0.2) is 29.1 Å². The van der Waals surface area contributed by atoms with E-state index in [1.165, 1.54) is 11.1 Å². The zero-order chi connectivity index (χ0) is 21.0. The van der Waals surface area contributed by atoms with Crippen LogP contribution in [0.25, 0.3) is 10.8 Å². The number of esters is 1. The van der Waals surface area contributed by atoms with E-state index < -0.39 is 5.97 Å². The highest BCUT2D eigenvalue weighted by atomic mass is 16.5. The summed E-state index contributed by atoms with van der Waals surface area (Å²) in [6, 6.07) is 7.06. The van der Waals surface area contributed by atoms with Gasteiger partial charge in [0.25, 0.3) is 11.5 Å². The number of amides is 1. The maximum absolute atomic E-state index is 12.7. The third kappa shape index (κ3) is 4.83. The first kappa shape index (κ1) is 21.0. The molecule has 1 aliphatic rings. The number of benzene rings is 1. The Labute approximate surface area is 170 Å². The number of fused-ring (bicyclic) bond motifs is 1. The smallest absolute Gasteiger partial charge is 0.359 e. The Bertz CT molecular complexity index is 945. The lowest BCUT2D eigenvalue weighted by Crippen LogP contribution is -2.40. The van der Waals surface area contributed by atoms with E-state index in [2.05, 4.69) is 5.10 Å². The summed E-state index contributed by atoms with van der Waals surface area (Å²) in [5.41, 5.74) is -0.173. The predicted octanol–water partition coefficient (Wildman–Crippen LogP) is 3.00. The summed E-state index contributed by atoms with van der Waals surface area (Å²) >= 11 is 0. The van der Waals surface area contributed by atoms with E-state index in [1.54, 1.807) is 36.2 Å². The molecule has 29 heavy (non-hydrogen) atoms. The molecule has 0 bridgehead atoms. The number of carbonyl (C=O) groups is 2. The van der Waals surface area contributed by atoms with Crippen LogP contribution in [0, 0.1) is 5.92 Å². The summed E-state index contributed by atoms with van der Waals surface area (Å²) in [7, 11) is 1.77. The number of hydrogen-bond donors (Lipinski definition) is 0. The first-order valence-corrected chi connectivity index (χ1v) is 10.3. The van der Waals surface area contributed by atoms with Gasteiger partial charge in [-0.2, -0.15) is 5.10 Å². The number of nitrogens with zero attached hydrogens (tertiary/aromatic N) is 3. The van der Waals surface area contributed by atoms with Gasteiger partial charge in [0.1, 0.15) is 0 Å². The molecule has 1 heterocycles. The largest absolute Gasteiger partial charge is 0.451 e. The molecule has 0 aliphatic heterocycles. The minimum Gasteiger partial charge on any atom is -0.451 e. The number of rotatable bonds is 6. The second-order valence-corrected chi connectivity index (χ2v) is 8.15. The highest BCUT2D eigenvalue weighted by Crippen LogP contribution is 2.22. The molecular weight excluding hydrogens is 370 g/mol. The predicted molar refractivity (Wildman–Crippen MR) is 111 cm³/mol. The fourth-order valence-electron chi connectivity index (χ4n) is 3.82. The van der Waals surface area contributed by atoms with Crippen molar-refractivity contribution in [3.8, 4) is 0 Å². The Morgan fingerprint density at radius 2 is 1.83 bits per heavy atom. The van der Waals surface area contributed by atoms with Crippen molar-refractivity contribution in [2.45, 2.75) is 58.5 Å². The molecule has 2 aromatic rings. The van der Waals surface area contributed by atoms with Gasteiger partial charge in [-0.25, -0.2) is 9.48 Å². The lowest BCUT2D eigenvalue weighted by molar-refractivity contribution is -0.135.